The zero-order valence-electron chi connectivity index (χ0n) is 15.2. The molecule has 4 nitrogen and oxygen atoms in total. The van der Waals surface area contributed by atoms with E-state index in [2.05, 4.69) is 15.6 Å². The molecule has 0 unspecified atom stereocenters. The Hall–Kier alpha value is -2.04. The van der Waals surface area contributed by atoms with E-state index >= 15 is 0 Å². The van der Waals surface area contributed by atoms with Crippen LogP contribution in [0.2, 0.25) is 0 Å². The molecule has 0 spiro atoms. The predicted octanol–water partition coefficient (Wildman–Crippen LogP) is 4.29. The van der Waals surface area contributed by atoms with Crippen LogP contribution < -0.4 is 15.4 Å². The van der Waals surface area contributed by atoms with Gasteiger partial charge in [-0.15, -0.1) is 24.0 Å². The number of hydrogen-bond donors (Lipinski definition) is 2. The van der Waals surface area contributed by atoms with Crippen LogP contribution in [-0.4, -0.2) is 32.3 Å². The number of hydrogen-bond acceptors (Lipinski definition) is 2. The average Bonchev–Trinajstić information content (AvgIpc) is 2.64. The van der Waals surface area contributed by atoms with Gasteiger partial charge in [0.05, 0.1) is 0 Å². The molecule has 2 N–H and O–H groups in total. The highest BCUT2D eigenvalue weighted by atomic mass is 127. The highest BCUT2D eigenvalue weighted by Gasteiger charge is 2.28. The molecule has 2 rings (SSSR count). The number of ether oxygens (including phenoxy) is 1. The molecular weight excluding hydrogens is 489 g/mol. The Morgan fingerprint density at radius 2 is 1.71 bits per heavy atom. The molecule has 28 heavy (non-hydrogen) atoms. The Balaban J connectivity index is 0.00000392. The number of para-hydroxylation sites is 1. The summed E-state index contributed by atoms with van der Waals surface area (Å²) in [7, 11) is 1.60. The second kappa shape index (κ2) is 11.7. The SMILES string of the molecule is CN=C(NCCc1ccc(F)cc1)NCc1ccccc1OCC(F)(F)F.I. The van der Waals surface area contributed by atoms with Crippen LogP contribution in [0.4, 0.5) is 17.6 Å². The molecule has 0 aliphatic heterocycles. The number of halogens is 5. The Morgan fingerprint density at radius 1 is 1.04 bits per heavy atom. The van der Waals surface area contributed by atoms with Crippen LogP contribution in [0.1, 0.15) is 11.1 Å². The van der Waals surface area contributed by atoms with Crippen LogP contribution in [-0.2, 0) is 13.0 Å². The number of nitrogens with zero attached hydrogens (tertiary/aromatic N) is 1. The largest absolute Gasteiger partial charge is 0.484 e. The lowest BCUT2D eigenvalue weighted by molar-refractivity contribution is -0.153. The first-order valence-corrected chi connectivity index (χ1v) is 8.34. The van der Waals surface area contributed by atoms with Gasteiger partial charge in [0.25, 0.3) is 0 Å². The molecule has 0 saturated carbocycles. The van der Waals surface area contributed by atoms with Gasteiger partial charge in [0.2, 0.25) is 0 Å². The fraction of sp³-hybridized carbons (Fsp3) is 0.316. The van der Waals surface area contributed by atoms with Crippen molar-refractivity contribution in [3.63, 3.8) is 0 Å². The summed E-state index contributed by atoms with van der Waals surface area (Å²) >= 11 is 0. The number of nitrogens with one attached hydrogen (secondary N) is 2. The lowest BCUT2D eigenvalue weighted by Crippen LogP contribution is -2.38. The third-order valence-electron chi connectivity index (χ3n) is 3.65. The zero-order chi connectivity index (χ0) is 19.7. The minimum Gasteiger partial charge on any atom is -0.484 e. The van der Waals surface area contributed by atoms with E-state index in [1.807, 2.05) is 0 Å². The molecule has 9 heteroatoms. The van der Waals surface area contributed by atoms with Crippen LogP contribution in [0, 0.1) is 5.82 Å². The van der Waals surface area contributed by atoms with Crippen LogP contribution in [0.3, 0.4) is 0 Å². The Morgan fingerprint density at radius 3 is 2.36 bits per heavy atom. The molecular formula is C19H22F4IN3O. The monoisotopic (exact) mass is 511 g/mol. The molecule has 0 aliphatic carbocycles. The summed E-state index contributed by atoms with van der Waals surface area (Å²) in [6.07, 6.45) is -3.72. The van der Waals surface area contributed by atoms with Crippen molar-refractivity contribution in [3.8, 4) is 5.75 Å². The first kappa shape index (κ1) is 24.0. The molecule has 0 fully saturated rings. The zero-order valence-corrected chi connectivity index (χ0v) is 17.6. The topological polar surface area (TPSA) is 45.7 Å². The molecule has 0 atom stereocenters. The van der Waals surface area contributed by atoms with Gasteiger partial charge in [-0.2, -0.15) is 13.2 Å². The molecule has 0 radical (unpaired) electrons. The molecule has 0 aromatic heterocycles. The van der Waals surface area contributed by atoms with E-state index < -0.39 is 12.8 Å². The Bertz CT molecular complexity index is 752. The molecule has 0 amide bonds. The first-order chi connectivity index (χ1) is 12.9. The number of aliphatic imine (C=N–C) groups is 1. The van der Waals surface area contributed by atoms with E-state index in [1.54, 1.807) is 37.4 Å². The van der Waals surface area contributed by atoms with E-state index in [9.17, 15) is 17.6 Å². The fourth-order valence-electron chi connectivity index (χ4n) is 2.33. The van der Waals surface area contributed by atoms with Crippen molar-refractivity contribution in [2.45, 2.75) is 19.1 Å². The number of rotatable bonds is 7. The molecule has 0 aliphatic rings. The Labute approximate surface area is 178 Å². The first-order valence-electron chi connectivity index (χ1n) is 8.34. The summed E-state index contributed by atoms with van der Waals surface area (Å²) in [5, 5.41) is 6.14. The van der Waals surface area contributed by atoms with Crippen molar-refractivity contribution in [1.82, 2.24) is 10.6 Å². The molecule has 2 aromatic carbocycles. The van der Waals surface area contributed by atoms with Crippen molar-refractivity contribution < 1.29 is 22.3 Å². The number of alkyl halides is 3. The lowest BCUT2D eigenvalue weighted by atomic mass is 10.1. The summed E-state index contributed by atoms with van der Waals surface area (Å²) < 4.78 is 54.8. The van der Waals surface area contributed by atoms with E-state index in [0.717, 1.165) is 5.56 Å². The van der Waals surface area contributed by atoms with Gasteiger partial charge in [0.15, 0.2) is 12.6 Å². The molecule has 2 aromatic rings. The minimum absolute atomic E-state index is 0. The average molecular weight is 511 g/mol. The second-order valence-corrected chi connectivity index (χ2v) is 5.74. The van der Waals surface area contributed by atoms with Gasteiger partial charge in [0, 0.05) is 25.7 Å². The maximum atomic E-state index is 12.9. The van der Waals surface area contributed by atoms with Gasteiger partial charge in [0.1, 0.15) is 11.6 Å². The summed E-state index contributed by atoms with van der Waals surface area (Å²) in [5.74, 6) is 0.391. The molecule has 0 heterocycles. The predicted molar refractivity (Wildman–Crippen MR) is 112 cm³/mol. The van der Waals surface area contributed by atoms with Crippen molar-refractivity contribution >= 4 is 29.9 Å². The normalized spacial score (nSPS) is 11.5. The third-order valence-corrected chi connectivity index (χ3v) is 3.65. The van der Waals surface area contributed by atoms with E-state index in [0.29, 0.717) is 24.5 Å². The maximum Gasteiger partial charge on any atom is 0.422 e. The summed E-state index contributed by atoms with van der Waals surface area (Å²) in [6, 6.07) is 12.7. The van der Waals surface area contributed by atoms with Crippen molar-refractivity contribution in [3.05, 3.63) is 65.5 Å². The van der Waals surface area contributed by atoms with Crippen molar-refractivity contribution in [2.24, 2.45) is 4.99 Å². The molecule has 0 bridgehead atoms. The lowest BCUT2D eigenvalue weighted by Gasteiger charge is -2.15. The smallest absolute Gasteiger partial charge is 0.422 e. The Kier molecular flexibility index (Phi) is 10.0. The minimum atomic E-state index is -4.39. The van der Waals surface area contributed by atoms with Gasteiger partial charge < -0.3 is 15.4 Å². The van der Waals surface area contributed by atoms with Gasteiger partial charge >= 0.3 is 6.18 Å². The van der Waals surface area contributed by atoms with E-state index in [-0.39, 0.29) is 42.1 Å². The van der Waals surface area contributed by atoms with Crippen LogP contribution in [0.25, 0.3) is 0 Å². The number of guanidine groups is 1. The summed E-state index contributed by atoms with van der Waals surface area (Å²) in [5.41, 5.74) is 1.56. The van der Waals surface area contributed by atoms with Gasteiger partial charge in [-0.1, -0.05) is 30.3 Å². The number of benzene rings is 2. The van der Waals surface area contributed by atoms with E-state index in [1.165, 1.54) is 18.2 Å². The maximum absolute atomic E-state index is 12.9. The van der Waals surface area contributed by atoms with Gasteiger partial charge in [-0.05, 0) is 30.2 Å². The van der Waals surface area contributed by atoms with Gasteiger partial charge in [-0.25, -0.2) is 4.39 Å². The highest BCUT2D eigenvalue weighted by Crippen LogP contribution is 2.22. The van der Waals surface area contributed by atoms with Gasteiger partial charge in [-0.3, -0.25) is 4.99 Å². The summed E-state index contributed by atoms with van der Waals surface area (Å²) in [6.45, 7) is -0.517. The van der Waals surface area contributed by atoms with Crippen LogP contribution >= 0.6 is 24.0 Å². The third kappa shape index (κ3) is 8.77. The van der Waals surface area contributed by atoms with Crippen LogP contribution in [0.5, 0.6) is 5.75 Å². The highest BCUT2D eigenvalue weighted by molar-refractivity contribution is 14.0. The summed E-state index contributed by atoms with van der Waals surface area (Å²) in [4.78, 5) is 4.08. The quantitative estimate of drug-likeness (QED) is 0.253. The van der Waals surface area contributed by atoms with Crippen LogP contribution in [0.15, 0.2) is 53.5 Å². The van der Waals surface area contributed by atoms with Crippen molar-refractivity contribution in [2.75, 3.05) is 20.2 Å². The second-order valence-electron chi connectivity index (χ2n) is 5.74. The standard InChI is InChI=1S/C19H21F4N3O.HI/c1-24-18(25-11-10-14-6-8-16(20)9-7-14)26-12-15-4-2-3-5-17(15)27-13-19(21,22)23;/h2-9H,10-13H2,1H3,(H2,24,25,26);1H. The molecule has 154 valence electrons. The van der Waals surface area contributed by atoms with E-state index in [4.69, 9.17) is 4.74 Å². The molecule has 0 saturated heterocycles. The fourth-order valence-corrected chi connectivity index (χ4v) is 2.33. The van der Waals surface area contributed by atoms with Crippen molar-refractivity contribution in [1.29, 1.82) is 0 Å².